The van der Waals surface area contributed by atoms with Gasteiger partial charge in [-0.2, -0.15) is 0 Å². The Morgan fingerprint density at radius 1 is 0.923 bits per heavy atom. The van der Waals surface area contributed by atoms with Crippen LogP contribution < -0.4 is 10.5 Å². The fourth-order valence-electron chi connectivity index (χ4n) is 4.11. The molecule has 0 saturated carbocycles. The predicted octanol–water partition coefficient (Wildman–Crippen LogP) is 6.66. The molecule has 0 atom stereocenters. The van der Waals surface area contributed by atoms with Crippen LogP contribution in [-0.4, -0.2) is 39.9 Å². The highest BCUT2D eigenvalue weighted by molar-refractivity contribution is 6.74. The molecular weight excluding hydrogens is 504 g/mol. The van der Waals surface area contributed by atoms with E-state index in [4.69, 9.17) is 24.9 Å². The second kappa shape index (κ2) is 10.2. The van der Waals surface area contributed by atoms with E-state index in [1.165, 1.54) is 0 Å². The zero-order chi connectivity index (χ0) is 27.8. The van der Waals surface area contributed by atoms with Crippen LogP contribution in [-0.2, 0) is 11.0 Å². The van der Waals surface area contributed by atoms with Crippen LogP contribution >= 0.6 is 0 Å². The van der Waals surface area contributed by atoms with E-state index in [1.54, 1.807) is 25.7 Å². The number of fused-ring (bicyclic) bond motifs is 1. The number of nitrogens with two attached hydrogens (primary N) is 1. The molecule has 8 nitrogen and oxygen atoms in total. The number of rotatable bonds is 7. The van der Waals surface area contributed by atoms with Gasteiger partial charge in [0, 0.05) is 24.3 Å². The number of benzene rings is 1. The molecule has 0 amide bonds. The standard InChI is InChI=1S/C30H34N6O2Si/c1-30(2,3)39(5,6)38-19-20-9-11-21(12-10-20)36-28(22-8-7-16-33-27(22)31)35-25-14-13-24(34-29(25)36)23-18-32-17-15-26(23)37-4/h7-18H,19H2,1-6H3,(H2,31,33). The van der Waals surface area contributed by atoms with Crippen LogP contribution in [0.5, 0.6) is 5.75 Å². The molecule has 0 saturated heterocycles. The minimum absolute atomic E-state index is 0.154. The zero-order valence-corrected chi connectivity index (χ0v) is 24.3. The molecule has 0 aliphatic rings. The third kappa shape index (κ3) is 5.15. The highest BCUT2D eigenvalue weighted by Gasteiger charge is 2.37. The van der Waals surface area contributed by atoms with Gasteiger partial charge in [0.25, 0.3) is 0 Å². The summed E-state index contributed by atoms with van der Waals surface area (Å²) in [4.78, 5) is 18.5. The van der Waals surface area contributed by atoms with Crippen molar-refractivity contribution in [2.75, 3.05) is 12.8 Å². The van der Waals surface area contributed by atoms with E-state index in [9.17, 15) is 0 Å². The van der Waals surface area contributed by atoms with Crippen LogP contribution in [0, 0.1) is 0 Å². The van der Waals surface area contributed by atoms with Gasteiger partial charge in [0.2, 0.25) is 0 Å². The van der Waals surface area contributed by atoms with Gasteiger partial charge in [-0.3, -0.25) is 9.55 Å². The van der Waals surface area contributed by atoms with Crippen LogP contribution in [0.1, 0.15) is 26.3 Å². The summed E-state index contributed by atoms with van der Waals surface area (Å²) in [6, 6.07) is 17.8. The molecular formula is C30H34N6O2Si. The summed E-state index contributed by atoms with van der Waals surface area (Å²) in [7, 11) is -0.218. The van der Waals surface area contributed by atoms with E-state index in [0.717, 1.165) is 33.6 Å². The number of nitrogen functional groups attached to an aromatic ring is 1. The lowest BCUT2D eigenvalue weighted by molar-refractivity contribution is 0.276. The van der Waals surface area contributed by atoms with Crippen molar-refractivity contribution in [3.8, 4) is 34.1 Å². The Kier molecular flexibility index (Phi) is 6.96. The Morgan fingerprint density at radius 3 is 2.38 bits per heavy atom. The van der Waals surface area contributed by atoms with Crippen molar-refractivity contribution >= 4 is 25.3 Å². The molecule has 4 heterocycles. The molecule has 1 aromatic carbocycles. The van der Waals surface area contributed by atoms with Gasteiger partial charge in [0.15, 0.2) is 19.8 Å². The SMILES string of the molecule is COc1ccncc1-c1ccc2nc(-c3cccnc3N)n(-c3ccc(CO[Si](C)(C)C(C)(C)C)cc3)c2n1. The minimum atomic E-state index is -1.86. The van der Waals surface area contributed by atoms with Crippen molar-refractivity contribution < 1.29 is 9.16 Å². The van der Waals surface area contributed by atoms with Crippen molar-refractivity contribution in [2.24, 2.45) is 0 Å². The first kappa shape index (κ1) is 26.5. The van der Waals surface area contributed by atoms with E-state index < -0.39 is 8.32 Å². The fourth-order valence-corrected chi connectivity index (χ4v) is 5.07. The van der Waals surface area contributed by atoms with Gasteiger partial charge in [0.1, 0.15) is 17.1 Å². The van der Waals surface area contributed by atoms with E-state index in [1.807, 2.05) is 34.9 Å². The lowest BCUT2D eigenvalue weighted by Gasteiger charge is -2.36. The van der Waals surface area contributed by atoms with E-state index in [0.29, 0.717) is 29.6 Å². The summed E-state index contributed by atoms with van der Waals surface area (Å²) in [5.74, 6) is 1.78. The van der Waals surface area contributed by atoms with E-state index >= 15 is 0 Å². The number of imidazole rings is 1. The summed E-state index contributed by atoms with van der Waals surface area (Å²) < 4.78 is 14.0. The van der Waals surface area contributed by atoms with Gasteiger partial charge in [0.05, 0.1) is 30.5 Å². The van der Waals surface area contributed by atoms with Crippen LogP contribution in [0.4, 0.5) is 5.82 Å². The van der Waals surface area contributed by atoms with Gasteiger partial charge in [-0.1, -0.05) is 32.9 Å². The Labute approximate surface area is 230 Å². The molecule has 2 N–H and O–H groups in total. The lowest BCUT2D eigenvalue weighted by atomic mass is 10.1. The average molecular weight is 539 g/mol. The number of pyridine rings is 3. The molecule has 39 heavy (non-hydrogen) atoms. The van der Waals surface area contributed by atoms with Crippen LogP contribution in [0.15, 0.2) is 73.2 Å². The summed E-state index contributed by atoms with van der Waals surface area (Å²) in [6.07, 6.45) is 5.13. The fraction of sp³-hybridized carbons (Fsp3) is 0.267. The normalized spacial score (nSPS) is 12.2. The number of methoxy groups -OCH3 is 1. The van der Waals surface area contributed by atoms with E-state index in [-0.39, 0.29) is 5.04 Å². The Balaban J connectivity index is 1.61. The zero-order valence-electron chi connectivity index (χ0n) is 23.3. The summed E-state index contributed by atoms with van der Waals surface area (Å²) in [5.41, 5.74) is 12.0. The maximum atomic E-state index is 6.44. The minimum Gasteiger partial charge on any atom is -0.496 e. The van der Waals surface area contributed by atoms with E-state index in [2.05, 4.69) is 68.1 Å². The topological polar surface area (TPSA) is 101 Å². The van der Waals surface area contributed by atoms with Gasteiger partial charge in [-0.15, -0.1) is 0 Å². The number of anilines is 1. The van der Waals surface area contributed by atoms with Crippen molar-refractivity contribution in [1.82, 2.24) is 24.5 Å². The molecule has 4 aromatic heterocycles. The first-order chi connectivity index (χ1) is 18.6. The molecule has 0 aliphatic heterocycles. The smallest absolute Gasteiger partial charge is 0.192 e. The summed E-state index contributed by atoms with van der Waals surface area (Å²) >= 11 is 0. The molecule has 9 heteroatoms. The Hall–Kier alpha value is -4.08. The third-order valence-electron chi connectivity index (χ3n) is 7.46. The van der Waals surface area contributed by atoms with Crippen molar-refractivity contribution in [1.29, 1.82) is 0 Å². The summed E-state index contributed by atoms with van der Waals surface area (Å²) in [6.45, 7) is 11.9. The van der Waals surface area contributed by atoms with Crippen molar-refractivity contribution in [3.05, 3.63) is 78.8 Å². The molecule has 0 bridgehead atoms. The van der Waals surface area contributed by atoms with Crippen LogP contribution in [0.25, 0.3) is 39.5 Å². The second-order valence-corrected chi connectivity index (χ2v) is 15.8. The molecule has 0 fully saturated rings. The number of ether oxygens (including phenoxy) is 1. The number of hydrogen-bond acceptors (Lipinski definition) is 7. The molecule has 0 aliphatic carbocycles. The van der Waals surface area contributed by atoms with Crippen molar-refractivity contribution in [2.45, 2.75) is 45.5 Å². The molecule has 200 valence electrons. The first-order valence-corrected chi connectivity index (χ1v) is 15.8. The van der Waals surface area contributed by atoms with Gasteiger partial charge >= 0.3 is 0 Å². The molecule has 5 aromatic rings. The lowest BCUT2D eigenvalue weighted by Crippen LogP contribution is -2.40. The quantitative estimate of drug-likeness (QED) is 0.231. The first-order valence-electron chi connectivity index (χ1n) is 12.9. The van der Waals surface area contributed by atoms with Crippen LogP contribution in [0.2, 0.25) is 18.1 Å². The average Bonchev–Trinajstić information content (AvgIpc) is 3.30. The Bertz CT molecular complexity index is 1620. The number of aromatic nitrogens is 5. The monoisotopic (exact) mass is 538 g/mol. The maximum absolute atomic E-state index is 6.44. The highest BCUT2D eigenvalue weighted by Crippen LogP contribution is 2.37. The molecule has 5 rings (SSSR count). The highest BCUT2D eigenvalue weighted by atomic mass is 28.4. The van der Waals surface area contributed by atoms with Gasteiger partial charge in [-0.05, 0) is 66.2 Å². The predicted molar refractivity (Wildman–Crippen MR) is 158 cm³/mol. The maximum Gasteiger partial charge on any atom is 0.192 e. The van der Waals surface area contributed by atoms with Crippen molar-refractivity contribution in [3.63, 3.8) is 0 Å². The molecule has 0 spiro atoms. The molecule has 0 radical (unpaired) electrons. The molecule has 0 unspecified atom stereocenters. The van der Waals surface area contributed by atoms with Gasteiger partial charge < -0.3 is 14.9 Å². The number of hydrogen-bond donors (Lipinski definition) is 1. The van der Waals surface area contributed by atoms with Crippen LogP contribution in [0.3, 0.4) is 0 Å². The third-order valence-corrected chi connectivity index (χ3v) is 11.9. The Morgan fingerprint density at radius 2 is 1.69 bits per heavy atom. The number of nitrogens with zero attached hydrogens (tertiary/aromatic N) is 5. The largest absolute Gasteiger partial charge is 0.496 e. The second-order valence-electron chi connectivity index (χ2n) is 11.0. The van der Waals surface area contributed by atoms with Gasteiger partial charge in [-0.25, -0.2) is 15.0 Å². The summed E-state index contributed by atoms with van der Waals surface area (Å²) in [5, 5.41) is 0.154.